The maximum atomic E-state index is 6.28. The highest BCUT2D eigenvalue weighted by atomic mass is 35.5. The standard InChI is InChI=1S/C14H16ClNO/c1-14(2,3)13-10-7-9(17-4)5-6-12(10)16-8-11(13)15/h5-8H,1-4H3. The SMILES string of the molecule is COc1ccc2ncc(Cl)c(C(C)(C)C)c2c1. The molecule has 0 saturated carbocycles. The molecule has 0 saturated heterocycles. The lowest BCUT2D eigenvalue weighted by Crippen LogP contribution is -2.13. The van der Waals surface area contributed by atoms with Gasteiger partial charge in [0.1, 0.15) is 5.75 Å². The van der Waals surface area contributed by atoms with Crippen molar-refractivity contribution in [1.29, 1.82) is 0 Å². The number of rotatable bonds is 1. The van der Waals surface area contributed by atoms with Crippen molar-refractivity contribution in [2.24, 2.45) is 0 Å². The van der Waals surface area contributed by atoms with Crippen LogP contribution in [0.1, 0.15) is 26.3 Å². The Labute approximate surface area is 107 Å². The smallest absolute Gasteiger partial charge is 0.119 e. The molecule has 0 aliphatic carbocycles. The first kappa shape index (κ1) is 12.2. The molecule has 0 unspecified atom stereocenters. The van der Waals surface area contributed by atoms with Gasteiger partial charge in [0.15, 0.2) is 0 Å². The second kappa shape index (κ2) is 4.19. The number of methoxy groups -OCH3 is 1. The van der Waals surface area contributed by atoms with Crippen molar-refractivity contribution in [3.63, 3.8) is 0 Å². The summed E-state index contributed by atoms with van der Waals surface area (Å²) in [6.45, 7) is 6.44. The van der Waals surface area contributed by atoms with E-state index in [9.17, 15) is 0 Å². The lowest BCUT2D eigenvalue weighted by molar-refractivity contribution is 0.415. The van der Waals surface area contributed by atoms with Crippen molar-refractivity contribution in [2.45, 2.75) is 26.2 Å². The Morgan fingerprint density at radius 2 is 1.94 bits per heavy atom. The van der Waals surface area contributed by atoms with Crippen LogP contribution in [0.25, 0.3) is 10.9 Å². The molecule has 0 atom stereocenters. The molecular weight excluding hydrogens is 234 g/mol. The normalized spacial score (nSPS) is 11.8. The van der Waals surface area contributed by atoms with E-state index in [2.05, 4.69) is 25.8 Å². The molecule has 1 aromatic heterocycles. The van der Waals surface area contributed by atoms with Crippen LogP contribution in [0.5, 0.6) is 5.75 Å². The van der Waals surface area contributed by atoms with Crippen molar-refractivity contribution in [3.8, 4) is 5.75 Å². The molecule has 2 rings (SSSR count). The number of pyridine rings is 1. The zero-order valence-corrected chi connectivity index (χ0v) is 11.3. The molecule has 17 heavy (non-hydrogen) atoms. The third kappa shape index (κ3) is 2.22. The van der Waals surface area contributed by atoms with Crippen LogP contribution >= 0.6 is 11.6 Å². The van der Waals surface area contributed by atoms with E-state index < -0.39 is 0 Å². The number of hydrogen-bond acceptors (Lipinski definition) is 2. The van der Waals surface area contributed by atoms with Gasteiger partial charge in [-0.2, -0.15) is 0 Å². The Hall–Kier alpha value is -1.28. The van der Waals surface area contributed by atoms with Gasteiger partial charge in [0.25, 0.3) is 0 Å². The van der Waals surface area contributed by atoms with E-state index >= 15 is 0 Å². The van der Waals surface area contributed by atoms with Crippen molar-refractivity contribution in [2.75, 3.05) is 7.11 Å². The minimum atomic E-state index is -0.0232. The van der Waals surface area contributed by atoms with Gasteiger partial charge in [-0.05, 0) is 29.2 Å². The molecule has 0 N–H and O–H groups in total. The number of ether oxygens (including phenoxy) is 1. The number of halogens is 1. The van der Waals surface area contributed by atoms with E-state index in [-0.39, 0.29) is 5.41 Å². The molecule has 2 aromatic rings. The van der Waals surface area contributed by atoms with Crippen LogP contribution in [0, 0.1) is 0 Å². The third-order valence-electron chi connectivity index (χ3n) is 2.78. The Morgan fingerprint density at radius 1 is 1.24 bits per heavy atom. The Kier molecular flexibility index (Phi) is 3.00. The van der Waals surface area contributed by atoms with E-state index in [0.29, 0.717) is 5.02 Å². The molecule has 2 nitrogen and oxygen atoms in total. The predicted molar refractivity (Wildman–Crippen MR) is 72.0 cm³/mol. The summed E-state index contributed by atoms with van der Waals surface area (Å²) in [7, 11) is 1.66. The van der Waals surface area contributed by atoms with Crippen LogP contribution in [0.3, 0.4) is 0 Å². The monoisotopic (exact) mass is 249 g/mol. The molecule has 0 spiro atoms. The molecule has 0 amide bonds. The topological polar surface area (TPSA) is 22.1 Å². The largest absolute Gasteiger partial charge is 0.497 e. The second-order valence-corrected chi connectivity index (χ2v) is 5.52. The Balaban J connectivity index is 2.83. The van der Waals surface area contributed by atoms with Crippen molar-refractivity contribution < 1.29 is 4.74 Å². The first-order chi connectivity index (χ1) is 7.93. The first-order valence-corrected chi connectivity index (χ1v) is 5.94. The highest BCUT2D eigenvalue weighted by molar-refractivity contribution is 6.32. The zero-order chi connectivity index (χ0) is 12.6. The molecule has 0 aliphatic rings. The fraction of sp³-hybridized carbons (Fsp3) is 0.357. The molecule has 0 radical (unpaired) electrons. The average molecular weight is 250 g/mol. The highest BCUT2D eigenvalue weighted by Crippen LogP contribution is 2.36. The molecule has 1 aromatic carbocycles. The minimum Gasteiger partial charge on any atom is -0.497 e. The third-order valence-corrected chi connectivity index (χ3v) is 3.07. The van der Waals surface area contributed by atoms with Crippen LogP contribution in [-0.4, -0.2) is 12.1 Å². The Bertz CT molecular complexity index is 558. The summed E-state index contributed by atoms with van der Waals surface area (Å²) in [5.74, 6) is 0.826. The van der Waals surface area contributed by atoms with E-state index in [1.54, 1.807) is 13.3 Å². The van der Waals surface area contributed by atoms with Gasteiger partial charge < -0.3 is 4.74 Å². The van der Waals surface area contributed by atoms with Crippen LogP contribution < -0.4 is 4.74 Å². The molecule has 1 heterocycles. The lowest BCUT2D eigenvalue weighted by Gasteiger charge is -2.22. The quantitative estimate of drug-likeness (QED) is 0.756. The van der Waals surface area contributed by atoms with Gasteiger partial charge in [0.2, 0.25) is 0 Å². The van der Waals surface area contributed by atoms with Gasteiger partial charge in [0.05, 0.1) is 17.6 Å². The number of aromatic nitrogens is 1. The highest BCUT2D eigenvalue weighted by Gasteiger charge is 2.21. The number of nitrogens with zero attached hydrogens (tertiary/aromatic N) is 1. The average Bonchev–Trinajstić information content (AvgIpc) is 2.26. The van der Waals surface area contributed by atoms with Gasteiger partial charge in [-0.1, -0.05) is 32.4 Å². The minimum absolute atomic E-state index is 0.0232. The molecule has 0 bridgehead atoms. The zero-order valence-electron chi connectivity index (χ0n) is 10.5. The van der Waals surface area contributed by atoms with E-state index in [4.69, 9.17) is 16.3 Å². The maximum Gasteiger partial charge on any atom is 0.119 e. The summed E-state index contributed by atoms with van der Waals surface area (Å²) < 4.78 is 5.26. The van der Waals surface area contributed by atoms with Crippen LogP contribution in [0.4, 0.5) is 0 Å². The number of benzene rings is 1. The van der Waals surface area contributed by atoms with Crippen LogP contribution in [0.15, 0.2) is 24.4 Å². The summed E-state index contributed by atoms with van der Waals surface area (Å²) in [4.78, 5) is 4.34. The Morgan fingerprint density at radius 3 is 2.53 bits per heavy atom. The van der Waals surface area contributed by atoms with Crippen molar-refractivity contribution in [1.82, 2.24) is 4.98 Å². The van der Waals surface area contributed by atoms with Gasteiger partial charge in [-0.15, -0.1) is 0 Å². The predicted octanol–water partition coefficient (Wildman–Crippen LogP) is 4.19. The van der Waals surface area contributed by atoms with Crippen molar-refractivity contribution in [3.05, 3.63) is 35.0 Å². The summed E-state index contributed by atoms with van der Waals surface area (Å²) in [6, 6.07) is 5.87. The van der Waals surface area contributed by atoms with Gasteiger partial charge in [-0.25, -0.2) is 0 Å². The van der Waals surface area contributed by atoms with E-state index in [1.807, 2.05) is 18.2 Å². The lowest BCUT2D eigenvalue weighted by atomic mass is 9.85. The molecule has 0 aliphatic heterocycles. The van der Waals surface area contributed by atoms with Gasteiger partial charge >= 0.3 is 0 Å². The summed E-state index contributed by atoms with van der Waals surface area (Å²) in [6.07, 6.45) is 1.72. The number of fused-ring (bicyclic) bond motifs is 1. The molecule has 3 heteroatoms. The maximum absolute atomic E-state index is 6.28. The molecular formula is C14H16ClNO. The van der Waals surface area contributed by atoms with Crippen LogP contribution in [-0.2, 0) is 5.41 Å². The second-order valence-electron chi connectivity index (χ2n) is 5.11. The molecule has 90 valence electrons. The van der Waals surface area contributed by atoms with Crippen molar-refractivity contribution >= 4 is 22.5 Å². The van der Waals surface area contributed by atoms with Gasteiger partial charge in [0, 0.05) is 11.6 Å². The van der Waals surface area contributed by atoms with E-state index in [1.165, 1.54) is 0 Å². The van der Waals surface area contributed by atoms with E-state index in [0.717, 1.165) is 22.2 Å². The first-order valence-electron chi connectivity index (χ1n) is 5.56. The van der Waals surface area contributed by atoms with Gasteiger partial charge in [-0.3, -0.25) is 4.98 Å². The summed E-state index contributed by atoms with van der Waals surface area (Å²) >= 11 is 6.28. The molecule has 0 fully saturated rings. The number of hydrogen-bond donors (Lipinski definition) is 0. The summed E-state index contributed by atoms with van der Waals surface area (Å²) in [5, 5.41) is 1.77. The fourth-order valence-electron chi connectivity index (χ4n) is 2.04. The van der Waals surface area contributed by atoms with Crippen LogP contribution in [0.2, 0.25) is 5.02 Å². The fourth-order valence-corrected chi connectivity index (χ4v) is 2.47. The summed E-state index contributed by atoms with van der Waals surface area (Å²) in [5.41, 5.74) is 2.04.